The highest BCUT2D eigenvalue weighted by molar-refractivity contribution is 5.77. The van der Waals surface area contributed by atoms with Crippen LogP contribution in [-0.2, 0) is 50.0 Å². The maximum absolute atomic E-state index is 12.4. The minimum atomic E-state index is -1.00. The van der Waals surface area contributed by atoms with Crippen LogP contribution in [0.5, 0.6) is 17.2 Å². The van der Waals surface area contributed by atoms with Gasteiger partial charge in [0.1, 0.15) is 19.0 Å². The van der Waals surface area contributed by atoms with E-state index in [0.29, 0.717) is 60.9 Å². The molecule has 0 heterocycles. The van der Waals surface area contributed by atoms with E-state index >= 15 is 0 Å². The van der Waals surface area contributed by atoms with Gasteiger partial charge in [-0.05, 0) is 120 Å². The number of carbonyl (C=O) groups excluding carboxylic acids is 2. The predicted molar refractivity (Wildman–Crippen MR) is 269 cm³/mol. The largest absolute Gasteiger partial charge is 0.504 e. The van der Waals surface area contributed by atoms with Crippen molar-refractivity contribution in [3.05, 3.63) is 117 Å². The number of phenols is 2. The number of hydrogen-bond donors (Lipinski definition) is 7. The molecule has 0 aromatic heterocycles. The van der Waals surface area contributed by atoms with Crippen LogP contribution < -0.4 is 26.0 Å². The van der Waals surface area contributed by atoms with E-state index in [9.17, 15) is 34.7 Å². The van der Waals surface area contributed by atoms with Gasteiger partial charge in [0.05, 0.1) is 28.8 Å². The van der Waals surface area contributed by atoms with Crippen LogP contribution in [0.25, 0.3) is 0 Å². The van der Waals surface area contributed by atoms with Crippen LogP contribution in [0.2, 0.25) is 0 Å². The van der Waals surface area contributed by atoms with E-state index in [1.807, 2.05) is 54.6 Å². The van der Waals surface area contributed by atoms with Gasteiger partial charge in [-0.1, -0.05) is 90.8 Å². The molecule has 4 aromatic carbocycles. The first-order chi connectivity index (χ1) is 33.4. The van der Waals surface area contributed by atoms with Crippen LogP contribution in [-0.4, -0.2) is 70.1 Å². The highest BCUT2D eigenvalue weighted by Crippen LogP contribution is 2.37. The molecule has 2 aliphatic carbocycles. The Labute approximate surface area is 412 Å². The van der Waals surface area contributed by atoms with Crippen molar-refractivity contribution in [2.45, 2.75) is 118 Å². The highest BCUT2D eigenvalue weighted by Gasteiger charge is 2.33. The fourth-order valence-corrected chi connectivity index (χ4v) is 9.17. The number of benzene rings is 4. The number of anilines is 2. The second-order valence-electron chi connectivity index (χ2n) is 19.6. The zero-order valence-corrected chi connectivity index (χ0v) is 41.4. The molecular weight excluding hydrogens is 895 g/mol. The van der Waals surface area contributed by atoms with E-state index in [1.165, 1.54) is 25.3 Å². The molecule has 70 heavy (non-hydrogen) atoms. The Morgan fingerprint density at radius 1 is 0.643 bits per heavy atom. The smallest absolute Gasteiger partial charge is 0.341 e. The summed E-state index contributed by atoms with van der Waals surface area (Å²) in [7, 11) is 0. The molecule has 2 aliphatic rings. The number of carboxylic acid groups (broad SMARTS) is 1. The van der Waals surface area contributed by atoms with Crippen LogP contribution in [0.15, 0.2) is 84.9 Å². The molecule has 16 nitrogen and oxygen atoms in total. The maximum atomic E-state index is 12.4. The van der Waals surface area contributed by atoms with E-state index in [-0.39, 0.29) is 61.6 Å². The Balaban J connectivity index is 0.000000261. The Kier molecular flexibility index (Phi) is 21.1. The summed E-state index contributed by atoms with van der Waals surface area (Å²) in [5.41, 5.74) is 4.53. The molecule has 6 rings (SSSR count). The number of nitro groups is 1. The summed E-state index contributed by atoms with van der Waals surface area (Å²) in [6.07, 6.45) is 7.10. The van der Waals surface area contributed by atoms with E-state index in [4.69, 9.17) is 19.3 Å². The molecule has 16 heteroatoms. The molecule has 2 fully saturated rings. The molecule has 6 unspecified atom stereocenters. The molecule has 0 spiro atoms. The number of carbonyl (C=O) groups is 3. The van der Waals surface area contributed by atoms with Crippen LogP contribution in [0.1, 0.15) is 102 Å². The van der Waals surface area contributed by atoms with Gasteiger partial charge in [-0.25, -0.2) is 4.79 Å². The molecular formula is C54H73N5O11. The zero-order valence-electron chi connectivity index (χ0n) is 41.4. The third-order valence-electron chi connectivity index (χ3n) is 13.3. The second kappa shape index (κ2) is 27.1. The normalized spacial score (nSPS) is 19.9. The van der Waals surface area contributed by atoms with Gasteiger partial charge >= 0.3 is 5.97 Å². The summed E-state index contributed by atoms with van der Waals surface area (Å²) >= 11 is 0. The Hall–Kier alpha value is -6.39. The van der Waals surface area contributed by atoms with Gasteiger partial charge in [0.15, 0.2) is 18.1 Å². The van der Waals surface area contributed by atoms with Crippen molar-refractivity contribution in [1.29, 1.82) is 0 Å². The Morgan fingerprint density at radius 3 is 1.60 bits per heavy atom. The molecule has 0 saturated heterocycles. The third kappa shape index (κ3) is 17.8. The minimum absolute atomic E-state index is 0.0541. The van der Waals surface area contributed by atoms with Gasteiger partial charge in [0.2, 0.25) is 11.8 Å². The quantitative estimate of drug-likeness (QED) is 0.0221. The number of ether oxygens (including phenoxy) is 3. The van der Waals surface area contributed by atoms with Crippen LogP contribution in [0.3, 0.4) is 0 Å². The number of nitrogens with zero attached hydrogens (tertiary/aromatic N) is 1. The van der Waals surface area contributed by atoms with Crippen molar-refractivity contribution in [1.82, 2.24) is 10.6 Å². The summed E-state index contributed by atoms with van der Waals surface area (Å²) in [5, 5.41) is 51.4. The number of amides is 2. The lowest BCUT2D eigenvalue weighted by atomic mass is 9.75. The molecule has 0 aliphatic heterocycles. The van der Waals surface area contributed by atoms with Crippen molar-refractivity contribution < 1.29 is 48.8 Å². The number of aromatic hydroxyl groups is 2. The molecule has 0 bridgehead atoms. The maximum Gasteiger partial charge on any atom is 0.341 e. The highest BCUT2D eigenvalue weighted by atomic mass is 16.6. The fraction of sp³-hybridized carbons (Fsp3) is 0.500. The number of nitro benzene ring substituents is 1. The second-order valence-corrected chi connectivity index (χ2v) is 19.6. The van der Waals surface area contributed by atoms with E-state index in [1.54, 1.807) is 18.2 Å². The lowest BCUT2D eigenvalue weighted by Crippen LogP contribution is -2.37. The van der Waals surface area contributed by atoms with E-state index in [2.05, 4.69) is 62.8 Å². The van der Waals surface area contributed by atoms with Gasteiger partial charge in [0, 0.05) is 37.6 Å². The van der Waals surface area contributed by atoms with Crippen molar-refractivity contribution in [2.24, 2.45) is 35.5 Å². The first-order valence-corrected chi connectivity index (χ1v) is 24.5. The number of aliphatic carboxylic acids is 1. The molecule has 6 atom stereocenters. The number of carboxylic acids is 1. The van der Waals surface area contributed by atoms with Crippen LogP contribution in [0, 0.1) is 45.6 Å². The monoisotopic (exact) mass is 968 g/mol. The SMILES string of the molecule is CC1CCC(C(C)C)C(OCC(=O)NCc2ccc(NCc3cc(O)c(O)cc3[N+](=O)[O-])cc2)C1.CC1CCC(C(C)C)C(OCC(=O)NCc2ccc(NCc3cccc(OCC(=O)O)c3)cc2)C1. The third-order valence-corrected chi connectivity index (χ3v) is 13.3. The molecule has 380 valence electrons. The standard InChI is InChI=1S/C28H38N2O5.C26H35N3O6/c1-19(2)25-12-7-20(3)13-26(25)35-17-27(31)30-15-21-8-10-23(11-9-21)29-16-22-5-4-6-24(14-22)34-18-28(32)33;1-16(2)21-9-4-17(3)10-25(21)35-15-26(32)28-13-18-5-7-20(8-6-18)27-14-19-11-23(30)24(31)12-22(19)29(33)34/h4-6,8-11,14,19-20,25-26,29H,7,12-13,15-18H2,1-3H3,(H,30,31)(H,32,33);5-8,11-12,16-17,21,25,27,30-31H,4,9-10,13-15H2,1-3H3,(H,28,32). The summed E-state index contributed by atoms with van der Waals surface area (Å²) in [4.78, 5) is 46.0. The van der Waals surface area contributed by atoms with Crippen LogP contribution in [0.4, 0.5) is 17.1 Å². The number of phenolic OH excluding ortho intramolecular Hbond substituents is 2. The topological polar surface area (TPSA) is 231 Å². The molecule has 2 amide bonds. The first-order valence-electron chi connectivity index (χ1n) is 24.5. The van der Waals surface area contributed by atoms with Crippen molar-refractivity contribution in [2.75, 3.05) is 30.5 Å². The van der Waals surface area contributed by atoms with Crippen LogP contribution >= 0.6 is 0 Å². The Morgan fingerprint density at radius 2 is 1.13 bits per heavy atom. The lowest BCUT2D eigenvalue weighted by molar-refractivity contribution is -0.385. The average molecular weight is 968 g/mol. The first kappa shape index (κ1) is 54.5. The van der Waals surface area contributed by atoms with E-state index in [0.717, 1.165) is 53.4 Å². The summed E-state index contributed by atoms with van der Waals surface area (Å²) in [6, 6.07) is 24.7. The number of nitrogens with one attached hydrogen (secondary N) is 4. The van der Waals surface area contributed by atoms with Gasteiger partial charge in [-0.15, -0.1) is 0 Å². The van der Waals surface area contributed by atoms with Crippen molar-refractivity contribution in [3.63, 3.8) is 0 Å². The fourth-order valence-electron chi connectivity index (χ4n) is 9.17. The van der Waals surface area contributed by atoms with Gasteiger partial charge in [-0.3, -0.25) is 19.7 Å². The molecule has 4 aromatic rings. The van der Waals surface area contributed by atoms with Crippen molar-refractivity contribution >= 4 is 34.8 Å². The summed E-state index contributed by atoms with van der Waals surface area (Å²) in [6.45, 7) is 14.7. The zero-order chi connectivity index (χ0) is 50.7. The molecule has 0 radical (unpaired) electrons. The Bertz CT molecular complexity index is 2310. The average Bonchev–Trinajstić information content (AvgIpc) is 3.33. The number of hydrogen-bond acceptors (Lipinski definition) is 12. The number of rotatable bonds is 22. The van der Waals surface area contributed by atoms with E-state index < -0.39 is 22.4 Å². The molecule has 7 N–H and O–H groups in total. The minimum Gasteiger partial charge on any atom is -0.504 e. The van der Waals surface area contributed by atoms with Gasteiger partial charge in [0.25, 0.3) is 5.69 Å². The van der Waals surface area contributed by atoms with Gasteiger partial charge < -0.3 is 50.8 Å². The van der Waals surface area contributed by atoms with Gasteiger partial charge in [-0.2, -0.15) is 0 Å². The summed E-state index contributed by atoms with van der Waals surface area (Å²) < 4.78 is 17.3. The summed E-state index contributed by atoms with van der Waals surface area (Å²) in [5.74, 6) is 1.73. The lowest BCUT2D eigenvalue weighted by Gasteiger charge is -2.37. The van der Waals surface area contributed by atoms with Crippen molar-refractivity contribution in [3.8, 4) is 17.2 Å². The predicted octanol–water partition coefficient (Wildman–Crippen LogP) is 9.57. The molecule has 2 saturated carbocycles.